The molecule has 0 spiro atoms. The van der Waals surface area contributed by atoms with Crippen LogP contribution in [0.1, 0.15) is 19.8 Å². The molecule has 1 saturated carbocycles. The van der Waals surface area contributed by atoms with E-state index < -0.39 is 0 Å². The van der Waals surface area contributed by atoms with Crippen LogP contribution < -0.4 is 9.47 Å². The maximum atomic E-state index is 9.61. The molecule has 1 aliphatic rings. The van der Waals surface area contributed by atoms with Crippen molar-refractivity contribution in [2.24, 2.45) is 0 Å². The van der Waals surface area contributed by atoms with Crippen LogP contribution in [0.4, 0.5) is 0 Å². The monoisotopic (exact) mass is 384 g/mol. The van der Waals surface area contributed by atoms with Crippen LogP contribution in [0, 0.1) is 0 Å². The largest absolute Gasteiger partial charge is 0.492 e. The van der Waals surface area contributed by atoms with Gasteiger partial charge in [0.15, 0.2) is 0 Å². The molecular weight excluding hydrogens is 360 g/mol. The van der Waals surface area contributed by atoms with Gasteiger partial charge in [-0.1, -0.05) is 23.5 Å². The Balaban J connectivity index is 1.29. The molecule has 1 aromatic heterocycles. The lowest BCUT2D eigenvalue weighted by Crippen LogP contribution is -2.36. The molecule has 5 nitrogen and oxygen atoms in total. The highest BCUT2D eigenvalue weighted by Crippen LogP contribution is 2.31. The van der Waals surface area contributed by atoms with Crippen LogP contribution in [0.25, 0.3) is 10.2 Å². The highest BCUT2D eigenvalue weighted by Gasteiger charge is 2.29. The van der Waals surface area contributed by atoms with Crippen molar-refractivity contribution in [3.63, 3.8) is 0 Å². The average molecular weight is 385 g/mol. The lowest BCUT2D eigenvalue weighted by Gasteiger charge is -2.23. The molecule has 0 saturated heterocycles. The van der Waals surface area contributed by atoms with Crippen molar-refractivity contribution in [1.29, 1.82) is 0 Å². The summed E-state index contributed by atoms with van der Waals surface area (Å²) in [4.78, 5) is 6.80. The van der Waals surface area contributed by atoms with E-state index in [9.17, 15) is 5.11 Å². The molecular formula is C21H24N2O3S. The number of hydrogen-bond donors (Lipinski definition) is 1. The minimum atomic E-state index is -0.301. The molecule has 0 aliphatic heterocycles. The summed E-state index contributed by atoms with van der Waals surface area (Å²) < 4.78 is 12.8. The lowest BCUT2D eigenvalue weighted by atomic mass is 10.3. The molecule has 1 fully saturated rings. The molecule has 1 unspecified atom stereocenters. The first-order valence-electron chi connectivity index (χ1n) is 9.36. The van der Waals surface area contributed by atoms with Gasteiger partial charge in [-0.05, 0) is 56.2 Å². The number of aliphatic hydroxyl groups is 1. The number of benzene rings is 2. The van der Waals surface area contributed by atoms with Crippen LogP contribution in [0.15, 0.2) is 48.5 Å². The van der Waals surface area contributed by atoms with Crippen molar-refractivity contribution in [3.05, 3.63) is 48.5 Å². The molecule has 1 atom stereocenters. The number of hydrogen-bond acceptors (Lipinski definition) is 6. The van der Waals surface area contributed by atoms with E-state index in [1.54, 1.807) is 0 Å². The highest BCUT2D eigenvalue weighted by atomic mass is 32.1. The second kappa shape index (κ2) is 8.25. The predicted octanol–water partition coefficient (Wildman–Crippen LogP) is 4.31. The van der Waals surface area contributed by atoms with E-state index in [-0.39, 0.29) is 6.10 Å². The molecule has 27 heavy (non-hydrogen) atoms. The summed E-state index contributed by atoms with van der Waals surface area (Å²) in [6, 6.07) is 16.2. The van der Waals surface area contributed by atoms with Gasteiger partial charge in [-0.2, -0.15) is 0 Å². The molecule has 0 bridgehead atoms. The second-order valence-corrected chi connectivity index (χ2v) is 7.94. The summed E-state index contributed by atoms with van der Waals surface area (Å²) in [6.45, 7) is 3.99. The molecule has 4 rings (SSSR count). The zero-order valence-electron chi connectivity index (χ0n) is 15.4. The fraction of sp³-hybridized carbons (Fsp3) is 0.381. The van der Waals surface area contributed by atoms with E-state index in [1.807, 2.05) is 55.5 Å². The van der Waals surface area contributed by atoms with Crippen LogP contribution in [0.2, 0.25) is 0 Å². The molecule has 1 aliphatic carbocycles. The number of para-hydroxylation sites is 1. The number of fused-ring (bicyclic) bond motifs is 1. The zero-order chi connectivity index (χ0) is 18.6. The van der Waals surface area contributed by atoms with Gasteiger partial charge in [0.1, 0.15) is 18.1 Å². The lowest BCUT2D eigenvalue weighted by molar-refractivity contribution is 0.110. The van der Waals surface area contributed by atoms with E-state index >= 15 is 0 Å². The maximum absolute atomic E-state index is 9.61. The van der Waals surface area contributed by atoms with Gasteiger partial charge in [0.2, 0.25) is 0 Å². The number of nitrogens with zero attached hydrogens (tertiary/aromatic N) is 2. The Hall–Kier alpha value is -2.15. The first-order chi connectivity index (χ1) is 13.2. The van der Waals surface area contributed by atoms with Gasteiger partial charge in [-0.3, -0.25) is 4.90 Å². The highest BCUT2D eigenvalue weighted by molar-refractivity contribution is 7.20. The van der Waals surface area contributed by atoms with Gasteiger partial charge in [0.05, 0.1) is 16.3 Å². The number of thiazole rings is 1. The van der Waals surface area contributed by atoms with E-state index in [2.05, 4.69) is 9.88 Å². The molecule has 0 radical (unpaired) electrons. The third kappa shape index (κ3) is 4.97. The molecule has 1 N–H and O–H groups in total. The van der Waals surface area contributed by atoms with Crippen LogP contribution in [0.3, 0.4) is 0 Å². The Morgan fingerprint density at radius 3 is 2.59 bits per heavy atom. The minimum Gasteiger partial charge on any atom is -0.492 e. The van der Waals surface area contributed by atoms with Gasteiger partial charge in [-0.15, -0.1) is 0 Å². The van der Waals surface area contributed by atoms with Crippen molar-refractivity contribution < 1.29 is 14.6 Å². The fourth-order valence-electron chi connectivity index (χ4n) is 3.08. The fourth-order valence-corrected chi connectivity index (χ4v) is 3.92. The smallest absolute Gasteiger partial charge is 0.279 e. The topological polar surface area (TPSA) is 54.8 Å². The van der Waals surface area contributed by atoms with Crippen LogP contribution >= 0.6 is 11.3 Å². The van der Waals surface area contributed by atoms with Crippen molar-refractivity contribution in [1.82, 2.24) is 9.88 Å². The van der Waals surface area contributed by atoms with E-state index in [4.69, 9.17) is 9.47 Å². The normalized spacial score (nSPS) is 15.2. The summed E-state index contributed by atoms with van der Waals surface area (Å²) in [5, 5.41) is 10.3. The SMILES string of the molecule is CC(O)CN(CCOc1ccc(Oc2nc3ccccc3s2)cc1)C1CC1. The van der Waals surface area contributed by atoms with Crippen LogP contribution in [-0.2, 0) is 0 Å². The van der Waals surface area contributed by atoms with Gasteiger partial charge in [0.25, 0.3) is 5.19 Å². The molecule has 1 heterocycles. The van der Waals surface area contributed by atoms with Crippen molar-refractivity contribution in [2.75, 3.05) is 19.7 Å². The Morgan fingerprint density at radius 1 is 1.15 bits per heavy atom. The Kier molecular flexibility index (Phi) is 5.57. The van der Waals surface area contributed by atoms with Gasteiger partial charge in [0, 0.05) is 19.1 Å². The number of rotatable bonds is 9. The molecule has 3 aromatic rings. The average Bonchev–Trinajstić information content (AvgIpc) is 3.42. The number of aromatic nitrogens is 1. The molecule has 6 heteroatoms. The zero-order valence-corrected chi connectivity index (χ0v) is 16.2. The third-order valence-electron chi connectivity index (χ3n) is 4.51. The van der Waals surface area contributed by atoms with Crippen molar-refractivity contribution >= 4 is 21.6 Å². The van der Waals surface area contributed by atoms with Crippen molar-refractivity contribution in [3.8, 4) is 16.7 Å². The summed E-state index contributed by atoms with van der Waals surface area (Å²) in [6.07, 6.45) is 2.15. The van der Waals surface area contributed by atoms with E-state index in [0.29, 0.717) is 24.4 Å². The van der Waals surface area contributed by atoms with Crippen LogP contribution in [-0.4, -0.2) is 46.8 Å². The third-order valence-corrected chi connectivity index (χ3v) is 5.43. The Morgan fingerprint density at radius 2 is 1.89 bits per heavy atom. The quantitative estimate of drug-likeness (QED) is 0.596. The number of aliphatic hydroxyl groups excluding tert-OH is 1. The molecule has 2 aromatic carbocycles. The number of ether oxygens (including phenoxy) is 2. The predicted molar refractivity (Wildman–Crippen MR) is 108 cm³/mol. The first kappa shape index (κ1) is 18.2. The standard InChI is InChI=1S/C21H24N2O3S/c1-15(24)14-23(16-6-7-16)12-13-25-17-8-10-18(11-9-17)26-21-22-19-4-2-3-5-20(19)27-21/h2-5,8-11,15-16,24H,6-7,12-14H2,1H3. The van der Waals surface area contributed by atoms with Gasteiger partial charge >= 0.3 is 0 Å². The molecule has 142 valence electrons. The summed E-state index contributed by atoms with van der Waals surface area (Å²) in [5.41, 5.74) is 0.954. The summed E-state index contributed by atoms with van der Waals surface area (Å²) >= 11 is 1.54. The van der Waals surface area contributed by atoms with Crippen molar-refractivity contribution in [2.45, 2.75) is 31.9 Å². The van der Waals surface area contributed by atoms with E-state index in [0.717, 1.165) is 28.3 Å². The van der Waals surface area contributed by atoms with E-state index in [1.165, 1.54) is 24.2 Å². The Bertz CT molecular complexity index is 842. The van der Waals surface area contributed by atoms with Gasteiger partial charge in [-0.25, -0.2) is 4.98 Å². The minimum absolute atomic E-state index is 0.301. The summed E-state index contributed by atoms with van der Waals surface area (Å²) in [5.74, 6) is 1.56. The van der Waals surface area contributed by atoms with Crippen LogP contribution in [0.5, 0.6) is 16.7 Å². The second-order valence-electron chi connectivity index (χ2n) is 6.94. The first-order valence-corrected chi connectivity index (χ1v) is 10.2. The van der Waals surface area contributed by atoms with Gasteiger partial charge < -0.3 is 14.6 Å². The maximum Gasteiger partial charge on any atom is 0.279 e. The summed E-state index contributed by atoms with van der Waals surface area (Å²) in [7, 11) is 0. The molecule has 0 amide bonds. The Labute approximate surface area is 163 Å².